The van der Waals surface area contributed by atoms with Crippen molar-refractivity contribution in [2.24, 2.45) is 5.41 Å². The predicted octanol–water partition coefficient (Wildman–Crippen LogP) is 2.44. The van der Waals surface area contributed by atoms with E-state index in [1.165, 1.54) is 0 Å². The second-order valence-corrected chi connectivity index (χ2v) is 7.17. The summed E-state index contributed by atoms with van der Waals surface area (Å²) in [6.07, 6.45) is 2.94. The number of amides is 2. The molecule has 21 heavy (non-hydrogen) atoms. The zero-order chi connectivity index (χ0) is 15.2. The van der Waals surface area contributed by atoms with Crippen molar-refractivity contribution < 1.29 is 9.32 Å². The molecule has 0 bridgehead atoms. The van der Waals surface area contributed by atoms with Crippen molar-refractivity contribution in [2.75, 3.05) is 27.2 Å². The molecule has 0 aromatic carbocycles. The van der Waals surface area contributed by atoms with E-state index in [1.807, 2.05) is 4.90 Å². The third kappa shape index (κ3) is 2.76. The largest absolute Gasteiger partial charge is 0.339 e. The van der Waals surface area contributed by atoms with Crippen molar-refractivity contribution >= 4 is 6.03 Å². The van der Waals surface area contributed by atoms with Gasteiger partial charge in [-0.05, 0) is 24.7 Å². The molecule has 2 aliphatic rings. The maximum absolute atomic E-state index is 11.9. The molecule has 1 saturated heterocycles. The lowest BCUT2D eigenvalue weighted by molar-refractivity contribution is 0.152. The molecule has 1 aliphatic carbocycles. The molecule has 1 atom stereocenters. The van der Waals surface area contributed by atoms with Gasteiger partial charge in [-0.2, -0.15) is 4.98 Å². The fourth-order valence-electron chi connectivity index (χ4n) is 3.06. The van der Waals surface area contributed by atoms with Gasteiger partial charge >= 0.3 is 6.03 Å². The zero-order valence-corrected chi connectivity index (χ0v) is 13.3. The molecule has 1 saturated carbocycles. The topological polar surface area (TPSA) is 62.5 Å². The van der Waals surface area contributed by atoms with E-state index in [4.69, 9.17) is 4.52 Å². The van der Waals surface area contributed by atoms with Gasteiger partial charge in [0.1, 0.15) is 0 Å². The molecule has 0 radical (unpaired) electrons. The highest BCUT2D eigenvalue weighted by Gasteiger charge is 2.49. The Labute approximate surface area is 125 Å². The lowest BCUT2D eigenvalue weighted by atomic mass is 9.97. The number of rotatable bonds is 2. The summed E-state index contributed by atoms with van der Waals surface area (Å²) >= 11 is 0. The van der Waals surface area contributed by atoms with Crippen molar-refractivity contribution in [1.82, 2.24) is 19.9 Å². The molecule has 2 fully saturated rings. The Kier molecular flexibility index (Phi) is 3.42. The van der Waals surface area contributed by atoms with E-state index in [2.05, 4.69) is 24.0 Å². The van der Waals surface area contributed by atoms with E-state index >= 15 is 0 Å². The number of urea groups is 1. The lowest BCUT2D eigenvalue weighted by Crippen LogP contribution is -2.43. The second kappa shape index (κ2) is 5.00. The van der Waals surface area contributed by atoms with Gasteiger partial charge in [0, 0.05) is 39.0 Å². The van der Waals surface area contributed by atoms with Crippen molar-refractivity contribution in [3.63, 3.8) is 0 Å². The van der Waals surface area contributed by atoms with E-state index in [0.29, 0.717) is 17.3 Å². The molecule has 0 unspecified atom stereocenters. The highest BCUT2D eigenvalue weighted by atomic mass is 16.5. The van der Waals surface area contributed by atoms with Crippen LogP contribution < -0.4 is 0 Å². The number of nitrogens with zero attached hydrogens (tertiary/aromatic N) is 4. The number of piperidine rings is 1. The lowest BCUT2D eigenvalue weighted by Gasteiger charge is -2.32. The second-order valence-electron chi connectivity index (χ2n) is 7.17. The van der Waals surface area contributed by atoms with Crippen LogP contribution in [0.5, 0.6) is 0 Å². The molecule has 2 amide bonds. The monoisotopic (exact) mass is 292 g/mol. The molecule has 2 heterocycles. The van der Waals surface area contributed by atoms with Crippen molar-refractivity contribution in [1.29, 1.82) is 0 Å². The number of hydrogen-bond donors (Lipinski definition) is 0. The van der Waals surface area contributed by atoms with Crippen LogP contribution in [-0.4, -0.2) is 53.2 Å². The van der Waals surface area contributed by atoms with Gasteiger partial charge in [-0.25, -0.2) is 4.79 Å². The Bertz CT molecular complexity index is 530. The SMILES string of the molecule is CN(C)C(=O)N1CCC(c2nc([C@@H]3CC3(C)C)no2)CC1. The Morgan fingerprint density at radius 1 is 1.33 bits per heavy atom. The normalized spacial score (nSPS) is 25.0. The number of hydrogen-bond acceptors (Lipinski definition) is 4. The third-order valence-electron chi connectivity index (χ3n) is 4.78. The highest BCUT2D eigenvalue weighted by Crippen LogP contribution is 2.57. The van der Waals surface area contributed by atoms with Crippen LogP contribution in [0.15, 0.2) is 4.52 Å². The summed E-state index contributed by atoms with van der Waals surface area (Å²) in [7, 11) is 3.58. The van der Waals surface area contributed by atoms with Gasteiger partial charge in [-0.3, -0.25) is 0 Å². The van der Waals surface area contributed by atoms with Crippen LogP contribution in [0.1, 0.15) is 56.7 Å². The van der Waals surface area contributed by atoms with Crippen LogP contribution in [-0.2, 0) is 0 Å². The number of carbonyl (C=O) groups is 1. The van der Waals surface area contributed by atoms with Crippen LogP contribution in [0.25, 0.3) is 0 Å². The molecule has 1 aliphatic heterocycles. The average Bonchev–Trinajstić information content (AvgIpc) is 2.89. The first-order valence-electron chi connectivity index (χ1n) is 7.68. The molecule has 116 valence electrons. The Morgan fingerprint density at radius 2 is 1.95 bits per heavy atom. The van der Waals surface area contributed by atoms with Crippen LogP contribution in [0, 0.1) is 5.41 Å². The van der Waals surface area contributed by atoms with E-state index < -0.39 is 0 Å². The highest BCUT2D eigenvalue weighted by molar-refractivity contribution is 5.73. The van der Waals surface area contributed by atoms with Crippen LogP contribution in [0.4, 0.5) is 4.79 Å². The van der Waals surface area contributed by atoms with Gasteiger partial charge in [0.15, 0.2) is 5.82 Å². The first kappa shape index (κ1) is 14.4. The van der Waals surface area contributed by atoms with Gasteiger partial charge in [-0.15, -0.1) is 0 Å². The maximum Gasteiger partial charge on any atom is 0.319 e. The molecule has 1 aromatic rings. The number of carbonyl (C=O) groups excluding carboxylic acids is 1. The van der Waals surface area contributed by atoms with Crippen LogP contribution in [0.3, 0.4) is 0 Å². The summed E-state index contributed by atoms with van der Waals surface area (Å²) in [5, 5.41) is 4.16. The predicted molar refractivity (Wildman–Crippen MR) is 78.1 cm³/mol. The van der Waals surface area contributed by atoms with Gasteiger partial charge in [0.2, 0.25) is 5.89 Å². The summed E-state index contributed by atoms with van der Waals surface area (Å²) in [6.45, 7) is 5.99. The van der Waals surface area contributed by atoms with E-state index in [0.717, 1.165) is 44.1 Å². The summed E-state index contributed by atoms with van der Waals surface area (Å²) in [5.74, 6) is 2.36. The standard InChI is InChI=1S/C15H24N4O2/c1-15(2)9-11(15)12-16-13(21-17-12)10-5-7-19(8-6-10)14(20)18(3)4/h10-11H,5-9H2,1-4H3/t11-/m0/s1. The quantitative estimate of drug-likeness (QED) is 0.840. The van der Waals surface area contributed by atoms with E-state index in [9.17, 15) is 4.79 Å². The first-order valence-corrected chi connectivity index (χ1v) is 7.68. The van der Waals surface area contributed by atoms with Crippen LogP contribution >= 0.6 is 0 Å². The fraction of sp³-hybridized carbons (Fsp3) is 0.800. The summed E-state index contributed by atoms with van der Waals surface area (Å²) < 4.78 is 5.47. The molecular weight excluding hydrogens is 268 g/mol. The summed E-state index contributed by atoms with van der Waals surface area (Å²) in [5.41, 5.74) is 0.322. The van der Waals surface area contributed by atoms with Gasteiger partial charge < -0.3 is 14.3 Å². The summed E-state index contributed by atoms with van der Waals surface area (Å²) in [6, 6.07) is 0.0828. The van der Waals surface area contributed by atoms with E-state index in [-0.39, 0.29) is 6.03 Å². The van der Waals surface area contributed by atoms with Gasteiger partial charge in [-0.1, -0.05) is 19.0 Å². The summed E-state index contributed by atoms with van der Waals surface area (Å²) in [4.78, 5) is 20.0. The molecule has 1 aromatic heterocycles. The van der Waals surface area contributed by atoms with Crippen LogP contribution in [0.2, 0.25) is 0 Å². The maximum atomic E-state index is 11.9. The Morgan fingerprint density at radius 3 is 2.48 bits per heavy atom. The van der Waals surface area contributed by atoms with Gasteiger partial charge in [0.05, 0.1) is 0 Å². The first-order chi connectivity index (χ1) is 9.88. The Balaban J connectivity index is 1.59. The van der Waals surface area contributed by atoms with Crippen molar-refractivity contribution in [3.05, 3.63) is 11.7 Å². The minimum Gasteiger partial charge on any atom is -0.339 e. The molecule has 0 spiro atoms. The minimum atomic E-state index is 0.0828. The smallest absolute Gasteiger partial charge is 0.319 e. The number of likely N-dealkylation sites (tertiary alicyclic amines) is 1. The fourth-order valence-corrected chi connectivity index (χ4v) is 3.06. The molecule has 6 nitrogen and oxygen atoms in total. The van der Waals surface area contributed by atoms with E-state index in [1.54, 1.807) is 19.0 Å². The average molecular weight is 292 g/mol. The minimum absolute atomic E-state index is 0.0828. The van der Waals surface area contributed by atoms with Gasteiger partial charge in [0.25, 0.3) is 0 Å². The zero-order valence-electron chi connectivity index (χ0n) is 13.3. The molecule has 0 N–H and O–H groups in total. The molecular formula is C15H24N4O2. The molecule has 6 heteroatoms. The third-order valence-corrected chi connectivity index (χ3v) is 4.78. The van der Waals surface area contributed by atoms with Crippen molar-refractivity contribution in [3.8, 4) is 0 Å². The Hall–Kier alpha value is -1.59. The number of aromatic nitrogens is 2. The van der Waals surface area contributed by atoms with Crippen molar-refractivity contribution in [2.45, 2.75) is 44.9 Å². The molecule has 3 rings (SSSR count).